The van der Waals surface area contributed by atoms with Gasteiger partial charge in [-0.05, 0) is 18.2 Å². The third-order valence-corrected chi connectivity index (χ3v) is 3.93. The van der Waals surface area contributed by atoms with Crippen LogP contribution < -0.4 is 10.1 Å². The van der Waals surface area contributed by atoms with Crippen LogP contribution in [0.1, 0.15) is 12.3 Å². The second kappa shape index (κ2) is 8.30. The molecule has 1 heterocycles. The van der Waals surface area contributed by atoms with Gasteiger partial charge in [-0.2, -0.15) is 0 Å². The summed E-state index contributed by atoms with van der Waals surface area (Å²) in [6.07, 6.45) is 1.59. The van der Waals surface area contributed by atoms with Crippen LogP contribution in [0.5, 0.6) is 5.75 Å². The third-order valence-electron chi connectivity index (χ3n) is 3.93. The Morgan fingerprint density at radius 1 is 1.32 bits per heavy atom. The minimum atomic E-state index is -0.563. The number of aromatic nitrogens is 1. The lowest BCUT2D eigenvalue weighted by molar-refractivity contribution is -0.384. The van der Waals surface area contributed by atoms with Gasteiger partial charge in [-0.3, -0.25) is 14.9 Å². The van der Waals surface area contributed by atoms with Crippen molar-refractivity contribution in [2.24, 2.45) is 0 Å². The first-order valence-corrected chi connectivity index (χ1v) is 8.30. The fraction of sp³-hybridized carbons (Fsp3) is 0.158. The molecule has 0 aliphatic carbocycles. The van der Waals surface area contributed by atoms with Crippen molar-refractivity contribution in [3.8, 4) is 17.1 Å². The maximum Gasteiger partial charge on any atom is 0.271 e. The number of methoxy groups -OCH3 is 1. The minimum absolute atomic E-state index is 0.0169. The molecule has 0 fully saturated rings. The van der Waals surface area contributed by atoms with E-state index in [9.17, 15) is 19.3 Å². The highest BCUT2D eigenvalue weighted by Crippen LogP contribution is 2.29. The van der Waals surface area contributed by atoms with Crippen LogP contribution in [0.3, 0.4) is 0 Å². The molecule has 0 saturated carbocycles. The molecule has 0 aliphatic heterocycles. The molecule has 0 unspecified atom stereocenters. The van der Waals surface area contributed by atoms with E-state index in [1.807, 2.05) is 0 Å². The number of anilines is 1. The van der Waals surface area contributed by atoms with E-state index in [-0.39, 0.29) is 41.4 Å². The lowest BCUT2D eigenvalue weighted by Crippen LogP contribution is -2.13. The van der Waals surface area contributed by atoms with Crippen LogP contribution in [0.4, 0.5) is 15.8 Å². The number of aryl methyl sites for hydroxylation is 1. The predicted molar refractivity (Wildman–Crippen MR) is 98.5 cm³/mol. The van der Waals surface area contributed by atoms with Crippen molar-refractivity contribution in [1.82, 2.24) is 4.98 Å². The maximum atomic E-state index is 13.8. The number of hydrogen-bond acceptors (Lipinski definition) is 6. The quantitative estimate of drug-likeness (QED) is 0.487. The first kappa shape index (κ1) is 19.0. The zero-order valence-electron chi connectivity index (χ0n) is 14.8. The Morgan fingerprint density at radius 2 is 2.11 bits per heavy atom. The van der Waals surface area contributed by atoms with Crippen molar-refractivity contribution in [2.75, 3.05) is 12.4 Å². The molecule has 3 aromatic rings. The van der Waals surface area contributed by atoms with Gasteiger partial charge in [-0.15, -0.1) is 0 Å². The number of ether oxygens (including phenoxy) is 1. The van der Waals surface area contributed by atoms with Gasteiger partial charge in [-0.1, -0.05) is 12.1 Å². The van der Waals surface area contributed by atoms with Crippen LogP contribution in [-0.2, 0) is 11.2 Å². The lowest BCUT2D eigenvalue weighted by atomic mass is 10.2. The maximum absolute atomic E-state index is 13.8. The van der Waals surface area contributed by atoms with E-state index >= 15 is 0 Å². The van der Waals surface area contributed by atoms with Gasteiger partial charge in [-0.25, -0.2) is 9.37 Å². The number of rotatable bonds is 7. The number of nitro benzene ring substituents is 1. The molecule has 0 radical (unpaired) electrons. The zero-order valence-corrected chi connectivity index (χ0v) is 14.8. The Bertz CT molecular complexity index is 1020. The fourth-order valence-corrected chi connectivity index (χ4v) is 2.55. The summed E-state index contributed by atoms with van der Waals surface area (Å²) < 4.78 is 24.4. The molecule has 2 aromatic carbocycles. The van der Waals surface area contributed by atoms with Crippen LogP contribution in [0.25, 0.3) is 11.3 Å². The summed E-state index contributed by atoms with van der Waals surface area (Å²) in [7, 11) is 1.40. The number of non-ortho nitro benzene ring substituents is 1. The average Bonchev–Trinajstić information content (AvgIpc) is 3.15. The summed E-state index contributed by atoms with van der Waals surface area (Å²) in [5.41, 5.74) is 0.312. The van der Waals surface area contributed by atoms with Crippen molar-refractivity contribution in [3.05, 3.63) is 70.5 Å². The zero-order chi connectivity index (χ0) is 20.1. The number of benzene rings is 2. The van der Waals surface area contributed by atoms with E-state index in [4.69, 9.17) is 9.15 Å². The van der Waals surface area contributed by atoms with Gasteiger partial charge in [0.15, 0.2) is 11.7 Å². The van der Waals surface area contributed by atoms with Crippen LogP contribution in [0.15, 0.2) is 53.1 Å². The highest BCUT2D eigenvalue weighted by atomic mass is 19.1. The first-order chi connectivity index (χ1) is 13.5. The number of nitrogens with one attached hydrogen (secondary N) is 1. The first-order valence-electron chi connectivity index (χ1n) is 8.30. The molecular formula is C19H16FN3O5. The number of carbonyl (C=O) groups excluding carboxylic acids is 1. The van der Waals surface area contributed by atoms with Gasteiger partial charge >= 0.3 is 0 Å². The summed E-state index contributed by atoms with van der Waals surface area (Å²) in [6.45, 7) is 0. The van der Waals surface area contributed by atoms with E-state index in [2.05, 4.69) is 10.3 Å². The molecule has 0 bridgehead atoms. The van der Waals surface area contributed by atoms with Gasteiger partial charge in [0.2, 0.25) is 5.91 Å². The van der Waals surface area contributed by atoms with Crippen LogP contribution in [0, 0.1) is 15.9 Å². The van der Waals surface area contributed by atoms with Crippen LogP contribution in [0.2, 0.25) is 0 Å². The Morgan fingerprint density at radius 3 is 2.82 bits per heavy atom. The molecule has 0 saturated heterocycles. The van der Waals surface area contributed by atoms with Crippen molar-refractivity contribution >= 4 is 17.3 Å². The molecule has 9 heteroatoms. The molecule has 1 amide bonds. The van der Waals surface area contributed by atoms with E-state index < -0.39 is 16.6 Å². The van der Waals surface area contributed by atoms with Crippen molar-refractivity contribution in [2.45, 2.75) is 12.8 Å². The van der Waals surface area contributed by atoms with E-state index in [0.717, 1.165) is 0 Å². The van der Waals surface area contributed by atoms with Gasteiger partial charge in [0.05, 0.1) is 29.5 Å². The predicted octanol–water partition coefficient (Wildman–Crippen LogP) is 3.97. The molecular weight excluding hydrogens is 369 g/mol. The van der Waals surface area contributed by atoms with Gasteiger partial charge < -0.3 is 14.5 Å². The largest absolute Gasteiger partial charge is 0.495 e. The van der Waals surface area contributed by atoms with E-state index in [1.54, 1.807) is 18.2 Å². The number of nitro groups is 1. The summed E-state index contributed by atoms with van der Waals surface area (Å²) in [6, 6.07) is 10.0. The Labute approximate surface area is 159 Å². The molecule has 0 atom stereocenters. The highest BCUT2D eigenvalue weighted by molar-refractivity contribution is 5.92. The molecule has 0 spiro atoms. The molecule has 3 rings (SSSR count). The summed E-state index contributed by atoms with van der Waals surface area (Å²) in [4.78, 5) is 26.6. The normalized spacial score (nSPS) is 10.5. The second-order valence-electron chi connectivity index (χ2n) is 5.79. The monoisotopic (exact) mass is 385 g/mol. The standard InChI is InChI=1S/C19H16FN3O5/c1-27-16-7-6-12(23(25)26)10-15(16)22-18(24)8-9-19-21-11-17(28-19)13-4-2-3-5-14(13)20/h2-7,10-11H,8-9H2,1H3,(H,22,24). The molecule has 0 aliphatic rings. The van der Waals surface area contributed by atoms with Crippen molar-refractivity contribution < 1.29 is 23.3 Å². The Kier molecular flexibility index (Phi) is 5.64. The van der Waals surface area contributed by atoms with Crippen LogP contribution >= 0.6 is 0 Å². The van der Waals surface area contributed by atoms with Gasteiger partial charge in [0, 0.05) is 25.0 Å². The number of carbonyl (C=O) groups is 1. The van der Waals surface area contributed by atoms with Gasteiger partial charge in [0.25, 0.3) is 5.69 Å². The van der Waals surface area contributed by atoms with E-state index in [0.29, 0.717) is 5.75 Å². The Balaban J connectivity index is 1.65. The molecule has 8 nitrogen and oxygen atoms in total. The minimum Gasteiger partial charge on any atom is -0.495 e. The number of halogens is 1. The summed E-state index contributed by atoms with van der Waals surface area (Å²) in [5, 5.41) is 13.5. The highest BCUT2D eigenvalue weighted by Gasteiger charge is 2.15. The molecule has 1 N–H and O–H groups in total. The number of oxazole rings is 1. The smallest absolute Gasteiger partial charge is 0.271 e. The summed E-state index contributed by atoms with van der Waals surface area (Å²) in [5.74, 6) is 0.0235. The average molecular weight is 385 g/mol. The number of amides is 1. The number of nitrogens with zero attached hydrogens (tertiary/aromatic N) is 2. The van der Waals surface area contributed by atoms with Crippen LogP contribution in [-0.4, -0.2) is 22.9 Å². The SMILES string of the molecule is COc1ccc([N+](=O)[O-])cc1NC(=O)CCc1ncc(-c2ccccc2F)o1. The number of hydrogen-bond donors (Lipinski definition) is 1. The molecule has 144 valence electrons. The van der Waals surface area contributed by atoms with Crippen molar-refractivity contribution in [3.63, 3.8) is 0 Å². The van der Waals surface area contributed by atoms with E-state index in [1.165, 1.54) is 37.6 Å². The lowest BCUT2D eigenvalue weighted by Gasteiger charge is -2.09. The topological polar surface area (TPSA) is 108 Å². The molecule has 1 aromatic heterocycles. The fourth-order valence-electron chi connectivity index (χ4n) is 2.55. The van der Waals surface area contributed by atoms with Crippen molar-refractivity contribution in [1.29, 1.82) is 0 Å². The Hall–Kier alpha value is -3.75. The molecule has 28 heavy (non-hydrogen) atoms. The van der Waals surface area contributed by atoms with Gasteiger partial charge in [0.1, 0.15) is 11.6 Å². The second-order valence-corrected chi connectivity index (χ2v) is 5.79. The third kappa shape index (κ3) is 4.32. The summed E-state index contributed by atoms with van der Waals surface area (Å²) >= 11 is 0.